The van der Waals surface area contributed by atoms with Gasteiger partial charge in [0.2, 0.25) is 0 Å². The van der Waals surface area contributed by atoms with Crippen LogP contribution in [0.15, 0.2) is 158 Å². The van der Waals surface area contributed by atoms with E-state index in [9.17, 15) is 0 Å². The Hall–Kier alpha value is -6.12. The second kappa shape index (κ2) is 10.4. The van der Waals surface area contributed by atoms with E-state index in [0.29, 0.717) is 0 Å². The van der Waals surface area contributed by atoms with Crippen LogP contribution in [0.3, 0.4) is 0 Å². The summed E-state index contributed by atoms with van der Waals surface area (Å²) in [6.45, 7) is 4.51. The molecule has 0 N–H and O–H groups in total. The zero-order valence-electron chi connectivity index (χ0n) is 26.5. The van der Waals surface area contributed by atoms with E-state index < -0.39 is 0 Å². The van der Waals surface area contributed by atoms with Crippen molar-refractivity contribution in [3.8, 4) is 39.1 Å². The first-order chi connectivity index (χ1) is 23.7. The first-order valence-corrected chi connectivity index (χ1v) is 16.8. The minimum absolute atomic E-state index is 0.993. The first-order valence-electron chi connectivity index (χ1n) is 16.8. The summed E-state index contributed by atoms with van der Waals surface area (Å²) in [6.07, 6.45) is 15.3. The van der Waals surface area contributed by atoms with E-state index in [1.165, 1.54) is 72.0 Å². The average Bonchev–Trinajstić information content (AvgIpc) is 3.42. The van der Waals surface area contributed by atoms with E-state index in [-0.39, 0.29) is 0 Å². The van der Waals surface area contributed by atoms with Gasteiger partial charge in [-0.1, -0.05) is 110 Å². The second-order valence-electron chi connectivity index (χ2n) is 13.0. The largest absolute Gasteiger partial charge is 0.317 e. The van der Waals surface area contributed by atoms with Crippen molar-refractivity contribution in [3.05, 3.63) is 175 Å². The summed E-state index contributed by atoms with van der Waals surface area (Å²) in [6, 6.07) is 44.8. The molecule has 1 aromatic heterocycles. The van der Waals surface area contributed by atoms with Gasteiger partial charge in [-0.05, 0) is 94.8 Å². The van der Waals surface area contributed by atoms with Gasteiger partial charge in [0, 0.05) is 44.9 Å². The van der Waals surface area contributed by atoms with Crippen LogP contribution < -0.4 is 4.90 Å². The standard InChI is InChI=1S/C46H32N2/c1-30-13-11-12-26-47(34-15-3-2-4-16-34)43-25-23-32(27-40(30)43)33-28-41-37-19-8-7-18-36(37)38-20-9-10-21-44(38)48-45-35-17-6-5-14-31(35)22-24-39(45)42(29-33)46(41)48/h2-4,6-13,15-29H,1,5,14H2/b13-11-,26-12-. The van der Waals surface area contributed by atoms with Gasteiger partial charge >= 0.3 is 0 Å². The van der Waals surface area contributed by atoms with E-state index in [4.69, 9.17) is 0 Å². The van der Waals surface area contributed by atoms with Crippen molar-refractivity contribution < 1.29 is 0 Å². The Labute approximate surface area is 280 Å². The summed E-state index contributed by atoms with van der Waals surface area (Å²) in [5.74, 6) is 0. The number of fused-ring (bicyclic) bond motifs is 11. The SMILES string of the molecule is C=C1/C=C\C=C/N(c2ccccc2)c2ccc(-c3cc4c5c(c3)c3ccc6c(c3n5-c3ccccc3-c3ccccc3-4)C=CCC6)cc21. The Morgan fingerprint density at radius 1 is 0.542 bits per heavy atom. The fourth-order valence-electron chi connectivity index (χ4n) is 8.08. The van der Waals surface area contributed by atoms with Crippen molar-refractivity contribution in [2.75, 3.05) is 4.90 Å². The summed E-state index contributed by atoms with van der Waals surface area (Å²) < 4.78 is 2.56. The van der Waals surface area contributed by atoms with Gasteiger partial charge in [0.15, 0.2) is 0 Å². The number of aromatic nitrogens is 1. The zero-order chi connectivity index (χ0) is 31.8. The van der Waals surface area contributed by atoms with E-state index in [0.717, 1.165) is 35.4 Å². The van der Waals surface area contributed by atoms with Crippen molar-refractivity contribution in [3.63, 3.8) is 0 Å². The summed E-state index contributed by atoms with van der Waals surface area (Å²) >= 11 is 0. The van der Waals surface area contributed by atoms with Gasteiger partial charge in [-0.3, -0.25) is 0 Å². The number of nitrogens with zero attached hydrogens (tertiary/aromatic N) is 2. The lowest BCUT2D eigenvalue weighted by molar-refractivity contribution is 0.986. The highest BCUT2D eigenvalue weighted by Gasteiger charge is 2.27. The summed E-state index contributed by atoms with van der Waals surface area (Å²) in [7, 11) is 0. The van der Waals surface area contributed by atoms with Crippen LogP contribution in [0, 0.1) is 0 Å². The number of rotatable bonds is 2. The first kappa shape index (κ1) is 27.0. The number of para-hydroxylation sites is 2. The molecule has 0 saturated heterocycles. The third-order valence-corrected chi connectivity index (χ3v) is 10.3. The van der Waals surface area contributed by atoms with E-state index in [1.807, 2.05) is 0 Å². The Morgan fingerprint density at radius 2 is 1.31 bits per heavy atom. The highest BCUT2D eigenvalue weighted by Crippen LogP contribution is 2.49. The lowest BCUT2D eigenvalue weighted by Crippen LogP contribution is -2.11. The normalized spacial score (nSPS) is 15.6. The van der Waals surface area contributed by atoms with Crippen molar-refractivity contribution >= 4 is 44.8 Å². The third-order valence-electron chi connectivity index (χ3n) is 10.3. The molecule has 0 radical (unpaired) electrons. The summed E-state index contributed by atoms with van der Waals surface area (Å²) in [4.78, 5) is 2.25. The molecule has 0 saturated carbocycles. The van der Waals surface area contributed by atoms with Crippen molar-refractivity contribution in [1.29, 1.82) is 0 Å². The van der Waals surface area contributed by atoms with Gasteiger partial charge in [-0.2, -0.15) is 0 Å². The van der Waals surface area contributed by atoms with Gasteiger partial charge in [0.05, 0.1) is 22.4 Å². The van der Waals surface area contributed by atoms with Crippen LogP contribution in [-0.2, 0) is 6.42 Å². The number of hydrogen-bond acceptors (Lipinski definition) is 1. The molecule has 0 bridgehead atoms. The maximum absolute atomic E-state index is 4.51. The lowest BCUT2D eigenvalue weighted by Gasteiger charge is -2.25. The minimum atomic E-state index is 0.993. The number of anilines is 2. The van der Waals surface area contributed by atoms with Gasteiger partial charge in [-0.15, -0.1) is 0 Å². The molecule has 2 heteroatoms. The molecule has 10 rings (SSSR count). The smallest absolute Gasteiger partial charge is 0.0620 e. The topological polar surface area (TPSA) is 8.17 Å². The predicted octanol–water partition coefficient (Wildman–Crippen LogP) is 12.3. The maximum Gasteiger partial charge on any atom is 0.0620 e. The molecular weight excluding hydrogens is 581 g/mol. The minimum Gasteiger partial charge on any atom is -0.317 e. The third kappa shape index (κ3) is 3.93. The Kier molecular flexibility index (Phi) is 5.89. The van der Waals surface area contributed by atoms with Crippen LogP contribution in [-0.4, -0.2) is 4.57 Å². The zero-order valence-corrected chi connectivity index (χ0v) is 26.5. The molecule has 2 nitrogen and oxygen atoms in total. The molecule has 0 unspecified atom stereocenters. The molecule has 0 fully saturated rings. The van der Waals surface area contributed by atoms with Gasteiger partial charge < -0.3 is 9.47 Å². The van der Waals surface area contributed by atoms with Gasteiger partial charge in [-0.25, -0.2) is 0 Å². The molecule has 0 atom stereocenters. The van der Waals surface area contributed by atoms with Crippen LogP contribution >= 0.6 is 0 Å². The number of aryl methyl sites for hydroxylation is 1. The second-order valence-corrected chi connectivity index (χ2v) is 13.0. The van der Waals surface area contributed by atoms with E-state index >= 15 is 0 Å². The lowest BCUT2D eigenvalue weighted by atomic mass is 9.89. The molecule has 3 heterocycles. The molecule has 226 valence electrons. The average molecular weight is 613 g/mol. The molecule has 0 spiro atoms. The predicted molar refractivity (Wildman–Crippen MR) is 204 cm³/mol. The quantitative estimate of drug-likeness (QED) is 0.189. The fraction of sp³-hybridized carbons (Fsp3) is 0.0435. The van der Waals surface area contributed by atoms with Crippen molar-refractivity contribution in [2.45, 2.75) is 12.8 Å². The number of benzene rings is 6. The Morgan fingerprint density at radius 3 is 2.19 bits per heavy atom. The van der Waals surface area contributed by atoms with Crippen LogP contribution in [0.2, 0.25) is 0 Å². The number of allylic oxidation sites excluding steroid dienone is 5. The van der Waals surface area contributed by atoms with Crippen molar-refractivity contribution in [1.82, 2.24) is 4.57 Å². The van der Waals surface area contributed by atoms with Crippen LogP contribution in [0.25, 0.3) is 72.5 Å². The molecule has 48 heavy (non-hydrogen) atoms. The highest BCUT2D eigenvalue weighted by molar-refractivity contribution is 6.19. The van der Waals surface area contributed by atoms with E-state index in [1.54, 1.807) is 0 Å². The van der Waals surface area contributed by atoms with Crippen LogP contribution in [0.4, 0.5) is 11.4 Å². The maximum atomic E-state index is 4.51. The molecular formula is C46H32N2. The monoisotopic (exact) mass is 612 g/mol. The van der Waals surface area contributed by atoms with Gasteiger partial charge in [0.1, 0.15) is 0 Å². The summed E-state index contributed by atoms with van der Waals surface area (Å²) in [5.41, 5.74) is 18.4. The fourth-order valence-corrected chi connectivity index (χ4v) is 8.08. The molecule has 0 amide bonds. The summed E-state index contributed by atoms with van der Waals surface area (Å²) in [5, 5.41) is 2.58. The Balaban J connectivity index is 1.29. The molecule has 6 aromatic carbocycles. The molecule has 7 aromatic rings. The van der Waals surface area contributed by atoms with Crippen LogP contribution in [0.1, 0.15) is 23.1 Å². The van der Waals surface area contributed by atoms with Crippen molar-refractivity contribution in [2.24, 2.45) is 0 Å². The molecule has 2 aliphatic heterocycles. The Bertz CT molecular complexity index is 2570. The van der Waals surface area contributed by atoms with Crippen LogP contribution in [0.5, 0.6) is 0 Å². The molecule has 3 aliphatic rings. The highest BCUT2D eigenvalue weighted by atomic mass is 15.1. The number of hydrogen-bond donors (Lipinski definition) is 0. The van der Waals surface area contributed by atoms with Gasteiger partial charge in [0.25, 0.3) is 0 Å². The molecule has 1 aliphatic carbocycles. The van der Waals surface area contributed by atoms with E-state index in [2.05, 4.69) is 174 Å².